The van der Waals surface area contributed by atoms with Crippen LogP contribution in [0.15, 0.2) is 0 Å². The molecule has 2 unspecified atom stereocenters. The molecular weight excluding hydrogens is 210 g/mol. The molecule has 1 saturated carbocycles. The Hall–Kier alpha value is -0.0800. The van der Waals surface area contributed by atoms with E-state index in [1.165, 1.54) is 32.1 Å². The summed E-state index contributed by atoms with van der Waals surface area (Å²) in [5, 5.41) is 9.83. The molecule has 0 aromatic heterocycles. The van der Waals surface area contributed by atoms with E-state index in [0.717, 1.165) is 19.0 Å². The first-order chi connectivity index (χ1) is 8.03. The van der Waals surface area contributed by atoms with Crippen LogP contribution in [0.4, 0.5) is 0 Å². The van der Waals surface area contributed by atoms with Gasteiger partial charge in [-0.2, -0.15) is 0 Å². The van der Waals surface area contributed by atoms with Gasteiger partial charge in [0.15, 0.2) is 0 Å². The molecule has 0 spiro atoms. The van der Waals surface area contributed by atoms with E-state index in [2.05, 4.69) is 32.6 Å². The Kier molecular flexibility index (Phi) is 5.94. The van der Waals surface area contributed by atoms with Crippen molar-refractivity contribution in [1.29, 1.82) is 0 Å². The number of aliphatic hydroxyl groups excluding tert-OH is 1. The van der Waals surface area contributed by atoms with Gasteiger partial charge in [0.2, 0.25) is 0 Å². The summed E-state index contributed by atoms with van der Waals surface area (Å²) in [6, 6.07) is 0.593. The molecule has 2 atom stereocenters. The average molecular weight is 241 g/mol. The first-order valence-corrected chi connectivity index (χ1v) is 7.38. The van der Waals surface area contributed by atoms with Crippen LogP contribution in [0, 0.1) is 11.3 Å². The van der Waals surface area contributed by atoms with Gasteiger partial charge < -0.3 is 10.0 Å². The van der Waals surface area contributed by atoms with E-state index in [1.807, 2.05) is 0 Å². The minimum Gasteiger partial charge on any atom is -0.396 e. The Morgan fingerprint density at radius 2 is 2.12 bits per heavy atom. The second kappa shape index (κ2) is 6.75. The summed E-state index contributed by atoms with van der Waals surface area (Å²) in [6.45, 7) is 11.7. The lowest BCUT2D eigenvalue weighted by Gasteiger charge is -2.43. The predicted octanol–water partition coefficient (Wildman–Crippen LogP) is 3.30. The maximum absolute atomic E-state index is 9.83. The van der Waals surface area contributed by atoms with Crippen molar-refractivity contribution in [2.75, 3.05) is 19.7 Å². The van der Waals surface area contributed by atoms with Crippen LogP contribution in [0.1, 0.15) is 59.8 Å². The second-order valence-electron chi connectivity index (χ2n) is 6.42. The van der Waals surface area contributed by atoms with Crippen LogP contribution in [-0.4, -0.2) is 35.7 Å². The fraction of sp³-hybridized carbons (Fsp3) is 1.00. The van der Waals surface area contributed by atoms with Gasteiger partial charge in [-0.3, -0.25) is 0 Å². The lowest BCUT2D eigenvalue weighted by molar-refractivity contribution is 0.0150. The molecule has 0 radical (unpaired) electrons. The highest BCUT2D eigenvalue weighted by Crippen LogP contribution is 2.39. The smallest absolute Gasteiger partial charge is 0.0499 e. The summed E-state index contributed by atoms with van der Waals surface area (Å²) in [5.41, 5.74) is 0.178. The van der Waals surface area contributed by atoms with Crippen molar-refractivity contribution in [3.63, 3.8) is 0 Å². The quantitative estimate of drug-likeness (QED) is 0.771. The molecule has 0 aliphatic heterocycles. The summed E-state index contributed by atoms with van der Waals surface area (Å²) in [5.74, 6) is 0.784. The monoisotopic (exact) mass is 241 g/mol. The molecule has 0 heterocycles. The van der Waals surface area contributed by atoms with Crippen LogP contribution in [0.5, 0.6) is 0 Å². The van der Waals surface area contributed by atoms with E-state index in [4.69, 9.17) is 0 Å². The SMILES string of the molecule is CCCN(CC1(CO)CCCC(C)C1)C(C)C. The minimum absolute atomic E-state index is 0.178. The molecule has 1 fully saturated rings. The zero-order chi connectivity index (χ0) is 12.9. The summed E-state index contributed by atoms with van der Waals surface area (Å²) < 4.78 is 0. The predicted molar refractivity (Wildman–Crippen MR) is 74.2 cm³/mol. The molecule has 0 aromatic rings. The van der Waals surface area contributed by atoms with Crippen LogP contribution >= 0.6 is 0 Å². The molecule has 2 heteroatoms. The molecule has 0 aromatic carbocycles. The molecule has 0 bridgehead atoms. The van der Waals surface area contributed by atoms with Gasteiger partial charge >= 0.3 is 0 Å². The van der Waals surface area contributed by atoms with Gasteiger partial charge in [-0.05, 0) is 45.6 Å². The highest BCUT2D eigenvalue weighted by molar-refractivity contribution is 4.88. The van der Waals surface area contributed by atoms with Crippen molar-refractivity contribution >= 4 is 0 Å². The first-order valence-electron chi connectivity index (χ1n) is 7.38. The molecular formula is C15H31NO. The lowest BCUT2D eigenvalue weighted by Crippen LogP contribution is -2.45. The molecule has 0 amide bonds. The summed E-state index contributed by atoms with van der Waals surface area (Å²) in [7, 11) is 0. The third-order valence-electron chi connectivity index (χ3n) is 4.30. The lowest BCUT2D eigenvalue weighted by atomic mass is 9.70. The summed E-state index contributed by atoms with van der Waals surface area (Å²) >= 11 is 0. The molecule has 17 heavy (non-hydrogen) atoms. The molecule has 1 rings (SSSR count). The van der Waals surface area contributed by atoms with Crippen molar-refractivity contribution in [3.05, 3.63) is 0 Å². The summed E-state index contributed by atoms with van der Waals surface area (Å²) in [4.78, 5) is 2.55. The molecule has 2 nitrogen and oxygen atoms in total. The van der Waals surface area contributed by atoms with E-state index in [-0.39, 0.29) is 5.41 Å². The molecule has 0 saturated heterocycles. The van der Waals surface area contributed by atoms with Crippen LogP contribution in [0.2, 0.25) is 0 Å². The first kappa shape index (κ1) is 15.0. The Balaban J connectivity index is 2.65. The van der Waals surface area contributed by atoms with Gasteiger partial charge in [-0.25, -0.2) is 0 Å². The van der Waals surface area contributed by atoms with E-state index in [9.17, 15) is 5.11 Å². The van der Waals surface area contributed by atoms with E-state index < -0.39 is 0 Å². The highest BCUT2D eigenvalue weighted by atomic mass is 16.3. The third-order valence-corrected chi connectivity index (χ3v) is 4.30. The largest absolute Gasteiger partial charge is 0.396 e. The van der Waals surface area contributed by atoms with Gasteiger partial charge in [0, 0.05) is 24.6 Å². The van der Waals surface area contributed by atoms with Crippen LogP contribution in [0.3, 0.4) is 0 Å². The Morgan fingerprint density at radius 3 is 2.59 bits per heavy atom. The Morgan fingerprint density at radius 1 is 1.41 bits per heavy atom. The molecule has 102 valence electrons. The maximum atomic E-state index is 9.83. The average Bonchev–Trinajstić information content (AvgIpc) is 2.28. The number of rotatable bonds is 6. The molecule has 1 N–H and O–H groups in total. The van der Waals surface area contributed by atoms with Gasteiger partial charge in [0.25, 0.3) is 0 Å². The van der Waals surface area contributed by atoms with Gasteiger partial charge in [-0.15, -0.1) is 0 Å². The van der Waals surface area contributed by atoms with Gasteiger partial charge in [0.1, 0.15) is 0 Å². The standard InChI is InChI=1S/C15H31NO/c1-5-9-16(13(2)3)11-15(12-17)8-6-7-14(4)10-15/h13-14,17H,5-12H2,1-4H3. The highest BCUT2D eigenvalue weighted by Gasteiger charge is 2.36. The van der Waals surface area contributed by atoms with E-state index in [1.54, 1.807) is 0 Å². The number of aliphatic hydroxyl groups is 1. The van der Waals surface area contributed by atoms with Gasteiger partial charge in [-0.1, -0.05) is 26.7 Å². The normalized spacial score (nSPS) is 30.2. The number of hydrogen-bond donors (Lipinski definition) is 1. The minimum atomic E-state index is 0.178. The van der Waals surface area contributed by atoms with Crippen LogP contribution in [0.25, 0.3) is 0 Å². The Labute approximate surface area is 107 Å². The van der Waals surface area contributed by atoms with Crippen molar-refractivity contribution in [3.8, 4) is 0 Å². The number of hydrogen-bond acceptors (Lipinski definition) is 2. The zero-order valence-electron chi connectivity index (χ0n) is 12.2. The van der Waals surface area contributed by atoms with Crippen molar-refractivity contribution < 1.29 is 5.11 Å². The Bertz CT molecular complexity index is 217. The third kappa shape index (κ3) is 4.26. The van der Waals surface area contributed by atoms with Crippen molar-refractivity contribution in [2.24, 2.45) is 11.3 Å². The van der Waals surface area contributed by atoms with Gasteiger partial charge in [0.05, 0.1) is 0 Å². The molecule has 1 aliphatic carbocycles. The maximum Gasteiger partial charge on any atom is 0.0499 e. The van der Waals surface area contributed by atoms with Crippen molar-refractivity contribution in [2.45, 2.75) is 65.8 Å². The van der Waals surface area contributed by atoms with E-state index >= 15 is 0 Å². The topological polar surface area (TPSA) is 23.5 Å². The summed E-state index contributed by atoms with van der Waals surface area (Å²) in [6.07, 6.45) is 6.25. The zero-order valence-corrected chi connectivity index (χ0v) is 12.2. The van der Waals surface area contributed by atoms with Crippen LogP contribution in [-0.2, 0) is 0 Å². The fourth-order valence-corrected chi connectivity index (χ4v) is 3.34. The van der Waals surface area contributed by atoms with Crippen LogP contribution < -0.4 is 0 Å². The molecule has 1 aliphatic rings. The van der Waals surface area contributed by atoms with E-state index in [0.29, 0.717) is 12.6 Å². The fourth-order valence-electron chi connectivity index (χ4n) is 3.34. The second-order valence-corrected chi connectivity index (χ2v) is 6.42. The number of nitrogens with zero attached hydrogens (tertiary/aromatic N) is 1. The van der Waals surface area contributed by atoms with Crippen molar-refractivity contribution in [1.82, 2.24) is 4.90 Å².